The maximum absolute atomic E-state index is 12.8. The van der Waals surface area contributed by atoms with Crippen molar-refractivity contribution in [1.82, 2.24) is 4.90 Å². The van der Waals surface area contributed by atoms with Gasteiger partial charge in [-0.05, 0) is 30.4 Å². The van der Waals surface area contributed by atoms with Gasteiger partial charge in [0, 0.05) is 50.0 Å². The van der Waals surface area contributed by atoms with Crippen LogP contribution in [0.5, 0.6) is 0 Å². The lowest BCUT2D eigenvalue weighted by Gasteiger charge is -2.60. The van der Waals surface area contributed by atoms with Gasteiger partial charge in [-0.1, -0.05) is 18.2 Å². The normalized spacial score (nSPS) is 28.4. The van der Waals surface area contributed by atoms with Gasteiger partial charge in [-0.25, -0.2) is 0 Å². The van der Waals surface area contributed by atoms with Crippen LogP contribution in [-0.2, 0) is 9.53 Å². The van der Waals surface area contributed by atoms with Crippen LogP contribution in [0.3, 0.4) is 0 Å². The summed E-state index contributed by atoms with van der Waals surface area (Å²) in [6.45, 7) is 2.44. The van der Waals surface area contributed by atoms with Gasteiger partial charge in [0.2, 0.25) is 5.91 Å². The van der Waals surface area contributed by atoms with Crippen molar-refractivity contribution in [2.75, 3.05) is 37.8 Å². The minimum absolute atomic E-state index is 0.00474. The number of aliphatic hydroxyl groups excluding tert-OH is 1. The van der Waals surface area contributed by atoms with Crippen molar-refractivity contribution in [1.29, 1.82) is 0 Å². The number of nitrogens with zero attached hydrogens (tertiary/aromatic N) is 2. The number of benzene rings is 1. The van der Waals surface area contributed by atoms with E-state index in [1.807, 2.05) is 12.1 Å². The number of ether oxygens (including phenoxy) is 1. The van der Waals surface area contributed by atoms with Gasteiger partial charge in [-0.15, -0.1) is 0 Å². The van der Waals surface area contributed by atoms with E-state index in [1.165, 1.54) is 4.90 Å². The zero-order chi connectivity index (χ0) is 19.9. The van der Waals surface area contributed by atoms with Crippen LogP contribution in [0.2, 0.25) is 0 Å². The molecule has 3 aliphatic heterocycles. The quantitative estimate of drug-likeness (QED) is 0.847. The highest BCUT2D eigenvalue weighted by Crippen LogP contribution is 2.49. The minimum Gasteiger partial charge on any atom is -0.395 e. The highest BCUT2D eigenvalue weighted by molar-refractivity contribution is 5.95. The minimum atomic E-state index is -4.53. The molecule has 1 aromatic carbocycles. The van der Waals surface area contributed by atoms with Crippen LogP contribution in [-0.4, -0.2) is 67.1 Å². The van der Waals surface area contributed by atoms with Crippen molar-refractivity contribution in [3.05, 3.63) is 29.8 Å². The van der Waals surface area contributed by atoms with Crippen LogP contribution < -0.4 is 4.90 Å². The Morgan fingerprint density at radius 2 is 1.93 bits per heavy atom. The second kappa shape index (κ2) is 7.65. The number of carbonyl (C=O) groups excluding carboxylic acids is 1. The maximum atomic E-state index is 12.8. The molecule has 28 heavy (non-hydrogen) atoms. The van der Waals surface area contributed by atoms with Crippen LogP contribution in [0.25, 0.3) is 0 Å². The Hall–Kier alpha value is -1.64. The summed E-state index contributed by atoms with van der Waals surface area (Å²) in [5.41, 5.74) is 1.40. The zero-order valence-corrected chi connectivity index (χ0v) is 15.6. The van der Waals surface area contributed by atoms with Crippen LogP contribution in [0.1, 0.15) is 30.7 Å². The molecule has 4 rings (SSSR count). The van der Waals surface area contributed by atoms with Gasteiger partial charge < -0.3 is 14.7 Å². The second-order valence-electron chi connectivity index (χ2n) is 7.95. The standard InChI is InChI=1S/C20H25F3N2O3/c21-20(22,23)9-18(27)25-11-16-19(14-3-1-2-4-15(14)25)17(12-26)24(16)10-13-5-7-28-8-6-13/h1-4,13,16-17,19,26H,5-12H2/t16-,17-,19+/m1/s1. The molecule has 0 aromatic heterocycles. The summed E-state index contributed by atoms with van der Waals surface area (Å²) in [5.74, 6) is -0.437. The Balaban J connectivity index is 1.58. The molecule has 0 bridgehead atoms. The van der Waals surface area contributed by atoms with Crippen molar-refractivity contribution in [3.8, 4) is 0 Å². The highest BCUT2D eigenvalue weighted by atomic mass is 19.4. The largest absolute Gasteiger partial charge is 0.397 e. The molecule has 0 radical (unpaired) electrons. The number of alkyl halides is 3. The molecule has 5 nitrogen and oxygen atoms in total. The zero-order valence-electron chi connectivity index (χ0n) is 15.6. The number of likely N-dealkylation sites (tertiary alicyclic amines) is 1. The van der Waals surface area contributed by atoms with Gasteiger partial charge in [0.1, 0.15) is 6.42 Å². The number of halogens is 3. The van der Waals surface area contributed by atoms with Gasteiger partial charge in [0.25, 0.3) is 0 Å². The summed E-state index contributed by atoms with van der Waals surface area (Å²) in [7, 11) is 0. The monoisotopic (exact) mass is 398 g/mol. The lowest BCUT2D eigenvalue weighted by atomic mass is 9.71. The van der Waals surface area contributed by atoms with Crippen LogP contribution in [0.4, 0.5) is 18.9 Å². The predicted octanol–water partition coefficient (Wildman–Crippen LogP) is 2.54. The maximum Gasteiger partial charge on any atom is 0.397 e. The van der Waals surface area contributed by atoms with Crippen LogP contribution in [0.15, 0.2) is 24.3 Å². The van der Waals surface area contributed by atoms with Crippen LogP contribution in [0, 0.1) is 5.92 Å². The summed E-state index contributed by atoms with van der Waals surface area (Å²) in [6.07, 6.45) is -4.10. The number of anilines is 1. The summed E-state index contributed by atoms with van der Waals surface area (Å²) >= 11 is 0. The first-order chi connectivity index (χ1) is 13.4. The molecule has 3 aliphatic rings. The Bertz CT molecular complexity index is 721. The number of fused-ring (bicyclic) bond motifs is 3. The molecule has 154 valence electrons. The first-order valence-corrected chi connectivity index (χ1v) is 9.79. The fourth-order valence-electron chi connectivity index (χ4n) is 4.97. The first-order valence-electron chi connectivity index (χ1n) is 9.79. The third-order valence-corrected chi connectivity index (χ3v) is 6.29. The molecule has 0 aliphatic carbocycles. The van der Waals surface area contributed by atoms with Crippen molar-refractivity contribution in [3.63, 3.8) is 0 Å². The summed E-state index contributed by atoms with van der Waals surface area (Å²) in [4.78, 5) is 15.9. The number of para-hydroxylation sites is 1. The van der Waals surface area contributed by atoms with E-state index < -0.39 is 18.5 Å². The van der Waals surface area contributed by atoms with Crippen molar-refractivity contribution >= 4 is 11.6 Å². The SMILES string of the molecule is O=C(CC(F)(F)F)N1C[C@@H]2[C@H](c3ccccc31)[C@@H](CO)N2CC1CCOCC1. The summed E-state index contributed by atoms with van der Waals surface area (Å²) in [6, 6.07) is 7.02. The summed E-state index contributed by atoms with van der Waals surface area (Å²) < 4.78 is 43.9. The molecule has 0 saturated carbocycles. The third-order valence-electron chi connectivity index (χ3n) is 6.29. The van der Waals surface area contributed by atoms with Crippen molar-refractivity contribution in [2.45, 2.75) is 43.4 Å². The number of hydrogen-bond acceptors (Lipinski definition) is 4. The van der Waals surface area contributed by atoms with E-state index in [2.05, 4.69) is 4.90 Å². The van der Waals surface area contributed by atoms with E-state index in [0.29, 0.717) is 11.6 Å². The first kappa shape index (κ1) is 19.7. The van der Waals surface area contributed by atoms with Gasteiger partial charge in [0.05, 0.1) is 6.61 Å². The molecular weight excluding hydrogens is 373 g/mol. The molecule has 8 heteroatoms. The number of hydrogen-bond donors (Lipinski definition) is 1. The van der Waals surface area contributed by atoms with E-state index in [-0.39, 0.29) is 31.2 Å². The van der Waals surface area contributed by atoms with E-state index in [0.717, 1.165) is 38.2 Å². The number of rotatable bonds is 4. The lowest BCUT2D eigenvalue weighted by Crippen LogP contribution is -2.70. The Labute approximate surface area is 162 Å². The molecule has 1 aromatic rings. The predicted molar refractivity (Wildman–Crippen MR) is 97.1 cm³/mol. The molecule has 1 amide bonds. The van der Waals surface area contributed by atoms with E-state index >= 15 is 0 Å². The topological polar surface area (TPSA) is 53.0 Å². The van der Waals surface area contributed by atoms with Gasteiger partial charge in [-0.3, -0.25) is 9.69 Å². The number of aliphatic hydroxyl groups is 1. The smallest absolute Gasteiger partial charge is 0.395 e. The molecular formula is C20H25F3N2O3. The van der Waals surface area contributed by atoms with Gasteiger partial charge in [-0.2, -0.15) is 13.2 Å². The lowest BCUT2D eigenvalue weighted by molar-refractivity contribution is -0.152. The Morgan fingerprint density at radius 1 is 1.21 bits per heavy atom. The van der Waals surface area contributed by atoms with E-state index in [1.54, 1.807) is 12.1 Å². The Morgan fingerprint density at radius 3 is 2.61 bits per heavy atom. The molecule has 3 atom stereocenters. The van der Waals surface area contributed by atoms with Gasteiger partial charge >= 0.3 is 6.18 Å². The second-order valence-corrected chi connectivity index (χ2v) is 7.95. The number of amides is 1. The molecule has 0 unspecified atom stereocenters. The van der Waals surface area contributed by atoms with E-state index in [4.69, 9.17) is 4.74 Å². The number of carbonyl (C=O) groups is 1. The van der Waals surface area contributed by atoms with Crippen LogP contribution >= 0.6 is 0 Å². The molecule has 2 fully saturated rings. The van der Waals surface area contributed by atoms with Crippen molar-refractivity contribution < 1.29 is 27.8 Å². The Kier molecular flexibility index (Phi) is 5.37. The average Bonchev–Trinajstić information content (AvgIpc) is 2.65. The fourth-order valence-corrected chi connectivity index (χ4v) is 4.97. The van der Waals surface area contributed by atoms with Crippen molar-refractivity contribution in [2.24, 2.45) is 5.92 Å². The molecule has 2 saturated heterocycles. The summed E-state index contributed by atoms with van der Waals surface area (Å²) in [5, 5.41) is 9.98. The van der Waals surface area contributed by atoms with E-state index in [9.17, 15) is 23.1 Å². The van der Waals surface area contributed by atoms with Gasteiger partial charge in [0.15, 0.2) is 0 Å². The average molecular weight is 398 g/mol. The molecule has 1 N–H and O–H groups in total. The highest BCUT2D eigenvalue weighted by Gasteiger charge is 2.53. The fraction of sp³-hybridized carbons (Fsp3) is 0.650. The molecule has 0 spiro atoms. The molecule has 3 heterocycles. The third kappa shape index (κ3) is 3.65.